The Hall–Kier alpha value is -3.12. The van der Waals surface area contributed by atoms with E-state index in [9.17, 15) is 0 Å². The molecule has 1 heterocycles. The number of hydrazone groups is 1. The molecule has 0 unspecified atom stereocenters. The molecule has 0 radical (unpaired) electrons. The predicted octanol–water partition coefficient (Wildman–Crippen LogP) is 4.71. The molecule has 0 aliphatic carbocycles. The summed E-state index contributed by atoms with van der Waals surface area (Å²) < 4.78 is 8.30. The van der Waals surface area contributed by atoms with Gasteiger partial charge in [-0.05, 0) is 49.7 Å². The first-order chi connectivity index (χ1) is 14.6. The first-order valence-corrected chi connectivity index (χ1v) is 10.5. The third-order valence-electron chi connectivity index (χ3n) is 4.79. The van der Waals surface area contributed by atoms with Crippen molar-refractivity contribution >= 4 is 34.4 Å². The van der Waals surface area contributed by atoms with E-state index in [2.05, 4.69) is 83.4 Å². The van der Waals surface area contributed by atoms with E-state index in [1.165, 1.54) is 16.6 Å². The standard InChI is InChI=1S/C24H28N4OS/c1-4-13-25-24(30)27-26-16-20-17-28(22-12-6-5-11-21(20)22)14-8-15-29-23-18(2)9-7-10-19(23)3/h4-7,9-12,16-17H,1,8,13-15H2,2-3H3,(H2,25,27,30)/b26-16+. The third-order valence-corrected chi connectivity index (χ3v) is 5.03. The number of aromatic nitrogens is 1. The normalized spacial score (nSPS) is 11.0. The summed E-state index contributed by atoms with van der Waals surface area (Å²) in [6, 6.07) is 14.6. The summed E-state index contributed by atoms with van der Waals surface area (Å²) in [5.41, 5.74) is 7.40. The molecule has 30 heavy (non-hydrogen) atoms. The van der Waals surface area contributed by atoms with Gasteiger partial charge in [-0.25, -0.2) is 0 Å². The molecule has 0 saturated carbocycles. The Labute approximate surface area is 183 Å². The molecule has 2 N–H and O–H groups in total. The largest absolute Gasteiger partial charge is 0.493 e. The molecule has 0 saturated heterocycles. The highest BCUT2D eigenvalue weighted by molar-refractivity contribution is 7.80. The lowest BCUT2D eigenvalue weighted by atomic mass is 10.1. The maximum Gasteiger partial charge on any atom is 0.187 e. The smallest absolute Gasteiger partial charge is 0.187 e. The Kier molecular flexibility index (Phi) is 7.63. The molecule has 5 nitrogen and oxygen atoms in total. The maximum atomic E-state index is 6.05. The molecule has 0 fully saturated rings. The summed E-state index contributed by atoms with van der Waals surface area (Å²) in [6.45, 7) is 9.96. The number of rotatable bonds is 9. The summed E-state index contributed by atoms with van der Waals surface area (Å²) in [6.07, 6.45) is 6.58. The first-order valence-electron chi connectivity index (χ1n) is 10.0. The van der Waals surface area contributed by atoms with Gasteiger partial charge in [0.2, 0.25) is 0 Å². The number of fused-ring (bicyclic) bond motifs is 1. The number of hydrogen-bond acceptors (Lipinski definition) is 3. The van der Waals surface area contributed by atoms with Crippen molar-refractivity contribution < 1.29 is 4.74 Å². The lowest BCUT2D eigenvalue weighted by Gasteiger charge is -2.12. The van der Waals surface area contributed by atoms with E-state index in [1.807, 2.05) is 6.07 Å². The minimum Gasteiger partial charge on any atom is -0.493 e. The molecule has 0 atom stereocenters. The van der Waals surface area contributed by atoms with Crippen LogP contribution in [0.25, 0.3) is 10.9 Å². The number of thiocarbonyl (C=S) groups is 1. The lowest BCUT2D eigenvalue weighted by Crippen LogP contribution is -2.31. The molecule has 0 spiro atoms. The summed E-state index contributed by atoms with van der Waals surface area (Å²) in [5.74, 6) is 0.995. The zero-order valence-electron chi connectivity index (χ0n) is 17.5. The van der Waals surface area contributed by atoms with Gasteiger partial charge >= 0.3 is 0 Å². The fourth-order valence-electron chi connectivity index (χ4n) is 3.36. The van der Waals surface area contributed by atoms with E-state index >= 15 is 0 Å². The Morgan fingerprint density at radius 3 is 2.70 bits per heavy atom. The number of hydrogen-bond donors (Lipinski definition) is 2. The van der Waals surface area contributed by atoms with Gasteiger partial charge in [0.25, 0.3) is 0 Å². The SMILES string of the molecule is C=CCNC(=S)N/N=C/c1cn(CCCOc2c(C)cccc2C)c2ccccc12. The van der Waals surface area contributed by atoms with Gasteiger partial charge in [-0.3, -0.25) is 5.43 Å². The molecule has 3 aromatic rings. The second-order valence-electron chi connectivity index (χ2n) is 7.09. The van der Waals surface area contributed by atoms with E-state index in [4.69, 9.17) is 17.0 Å². The number of benzene rings is 2. The monoisotopic (exact) mass is 420 g/mol. The highest BCUT2D eigenvalue weighted by Crippen LogP contribution is 2.23. The summed E-state index contributed by atoms with van der Waals surface area (Å²) in [4.78, 5) is 0. The fraction of sp³-hybridized carbons (Fsp3) is 0.250. The van der Waals surface area contributed by atoms with Crippen LogP contribution in [0.2, 0.25) is 0 Å². The van der Waals surface area contributed by atoms with Gasteiger partial charge in [0.05, 0.1) is 12.8 Å². The van der Waals surface area contributed by atoms with Crippen molar-refractivity contribution in [2.24, 2.45) is 5.10 Å². The molecule has 0 bridgehead atoms. The Morgan fingerprint density at radius 1 is 1.17 bits per heavy atom. The third kappa shape index (κ3) is 5.48. The average molecular weight is 421 g/mol. The number of nitrogens with zero attached hydrogens (tertiary/aromatic N) is 2. The highest BCUT2D eigenvalue weighted by atomic mass is 32.1. The Bertz CT molecular complexity index is 1030. The first kappa shape index (κ1) is 21.6. The minimum atomic E-state index is 0.471. The molecule has 1 aromatic heterocycles. The Morgan fingerprint density at radius 2 is 1.93 bits per heavy atom. The van der Waals surface area contributed by atoms with Crippen LogP contribution in [0.5, 0.6) is 5.75 Å². The molecule has 2 aromatic carbocycles. The van der Waals surface area contributed by atoms with Crippen molar-refractivity contribution in [1.82, 2.24) is 15.3 Å². The second-order valence-corrected chi connectivity index (χ2v) is 7.49. The van der Waals surface area contributed by atoms with Crippen molar-refractivity contribution in [3.63, 3.8) is 0 Å². The molecule has 0 aliphatic rings. The summed E-state index contributed by atoms with van der Waals surface area (Å²) in [5, 5.41) is 8.88. The Balaban J connectivity index is 1.63. The summed E-state index contributed by atoms with van der Waals surface area (Å²) >= 11 is 5.16. The zero-order valence-corrected chi connectivity index (χ0v) is 18.3. The van der Waals surface area contributed by atoms with E-state index in [-0.39, 0.29) is 0 Å². The van der Waals surface area contributed by atoms with Crippen LogP contribution in [-0.2, 0) is 6.54 Å². The van der Waals surface area contributed by atoms with Crippen LogP contribution in [0.15, 0.2) is 66.4 Å². The van der Waals surface area contributed by atoms with Crippen LogP contribution in [-0.4, -0.2) is 29.0 Å². The summed E-state index contributed by atoms with van der Waals surface area (Å²) in [7, 11) is 0. The van der Waals surface area contributed by atoms with Gasteiger partial charge in [0.1, 0.15) is 5.75 Å². The van der Waals surface area contributed by atoms with Crippen LogP contribution >= 0.6 is 12.2 Å². The van der Waals surface area contributed by atoms with E-state index in [0.29, 0.717) is 18.3 Å². The van der Waals surface area contributed by atoms with E-state index < -0.39 is 0 Å². The molecule has 0 amide bonds. The number of aryl methyl sites for hydroxylation is 3. The molecule has 156 valence electrons. The van der Waals surface area contributed by atoms with Crippen molar-refractivity contribution in [3.05, 3.63) is 78.0 Å². The van der Waals surface area contributed by atoms with Crippen molar-refractivity contribution in [1.29, 1.82) is 0 Å². The highest BCUT2D eigenvalue weighted by Gasteiger charge is 2.07. The van der Waals surface area contributed by atoms with Crippen LogP contribution < -0.4 is 15.5 Å². The van der Waals surface area contributed by atoms with Crippen LogP contribution in [0.1, 0.15) is 23.1 Å². The average Bonchev–Trinajstić information content (AvgIpc) is 3.09. The van der Waals surface area contributed by atoms with Crippen LogP contribution in [0.4, 0.5) is 0 Å². The molecule has 0 aliphatic heterocycles. The van der Waals surface area contributed by atoms with Crippen molar-refractivity contribution in [3.8, 4) is 5.75 Å². The lowest BCUT2D eigenvalue weighted by molar-refractivity contribution is 0.299. The molecular formula is C24H28N4OS. The molecule has 3 rings (SSSR count). The van der Waals surface area contributed by atoms with Gasteiger partial charge in [0, 0.05) is 35.8 Å². The number of para-hydroxylation sites is 2. The van der Waals surface area contributed by atoms with Gasteiger partial charge < -0.3 is 14.6 Å². The van der Waals surface area contributed by atoms with Crippen LogP contribution in [0.3, 0.4) is 0 Å². The minimum absolute atomic E-state index is 0.471. The van der Waals surface area contributed by atoms with E-state index in [0.717, 1.165) is 29.7 Å². The number of ether oxygens (including phenoxy) is 1. The zero-order chi connectivity index (χ0) is 21.3. The van der Waals surface area contributed by atoms with Crippen molar-refractivity contribution in [2.75, 3.05) is 13.2 Å². The van der Waals surface area contributed by atoms with Crippen LogP contribution in [0, 0.1) is 13.8 Å². The molecular weight excluding hydrogens is 392 g/mol. The topological polar surface area (TPSA) is 50.6 Å². The second kappa shape index (κ2) is 10.6. The maximum absolute atomic E-state index is 6.05. The molecule has 6 heteroatoms. The fourth-order valence-corrected chi connectivity index (χ4v) is 3.50. The van der Waals surface area contributed by atoms with E-state index in [1.54, 1.807) is 12.3 Å². The van der Waals surface area contributed by atoms with Gasteiger partial charge in [-0.1, -0.05) is 42.5 Å². The number of nitrogens with one attached hydrogen (secondary N) is 2. The quantitative estimate of drug-likeness (QED) is 0.173. The van der Waals surface area contributed by atoms with Gasteiger partial charge in [-0.15, -0.1) is 6.58 Å². The predicted molar refractivity (Wildman–Crippen MR) is 129 cm³/mol. The van der Waals surface area contributed by atoms with Gasteiger partial charge in [-0.2, -0.15) is 5.10 Å². The van der Waals surface area contributed by atoms with Gasteiger partial charge in [0.15, 0.2) is 5.11 Å². The van der Waals surface area contributed by atoms with Crippen molar-refractivity contribution in [2.45, 2.75) is 26.8 Å².